The molecule has 2 heterocycles. The molecular weight excluding hydrogens is 240 g/mol. The quantitative estimate of drug-likeness (QED) is 0.725. The van der Waals surface area contributed by atoms with E-state index in [9.17, 15) is 8.42 Å². The van der Waals surface area contributed by atoms with Gasteiger partial charge in [-0.1, -0.05) is 4.49 Å². The standard InChI is InChI=1S/C5H6N6O2S2/c1-11-4(3-2-7-10-14-3)8-9-5(11)15(6,12)13/h2H,1H3,(H2,6,12,13). The van der Waals surface area contributed by atoms with Crippen LogP contribution in [0, 0.1) is 0 Å². The number of aromatic nitrogens is 5. The van der Waals surface area contributed by atoms with E-state index in [2.05, 4.69) is 19.8 Å². The van der Waals surface area contributed by atoms with E-state index in [1.165, 1.54) is 17.8 Å². The van der Waals surface area contributed by atoms with Crippen LogP contribution in [0.25, 0.3) is 10.7 Å². The fourth-order valence-electron chi connectivity index (χ4n) is 1.04. The van der Waals surface area contributed by atoms with Crippen molar-refractivity contribution in [1.82, 2.24) is 24.4 Å². The lowest BCUT2D eigenvalue weighted by Crippen LogP contribution is -2.17. The first-order chi connectivity index (χ1) is 7.00. The van der Waals surface area contributed by atoms with Gasteiger partial charge in [-0.2, -0.15) is 0 Å². The van der Waals surface area contributed by atoms with Crippen LogP contribution in [-0.2, 0) is 17.1 Å². The van der Waals surface area contributed by atoms with Crippen LogP contribution >= 0.6 is 11.5 Å². The zero-order valence-corrected chi connectivity index (χ0v) is 9.16. The lowest BCUT2D eigenvalue weighted by atomic mass is 10.5. The zero-order valence-electron chi connectivity index (χ0n) is 7.52. The highest BCUT2D eigenvalue weighted by molar-refractivity contribution is 7.89. The molecule has 15 heavy (non-hydrogen) atoms. The fraction of sp³-hybridized carbons (Fsp3) is 0.200. The van der Waals surface area contributed by atoms with Crippen molar-refractivity contribution in [3.05, 3.63) is 6.20 Å². The minimum Gasteiger partial charge on any atom is -0.299 e. The molecule has 2 N–H and O–H groups in total. The molecule has 10 heteroatoms. The predicted octanol–water partition coefficient (Wildman–Crippen LogP) is -1.02. The molecular formula is C5H6N6O2S2. The summed E-state index contributed by atoms with van der Waals surface area (Å²) < 4.78 is 27.0. The first-order valence-electron chi connectivity index (χ1n) is 3.70. The zero-order chi connectivity index (χ0) is 11.1. The summed E-state index contributed by atoms with van der Waals surface area (Å²) >= 11 is 1.09. The van der Waals surface area contributed by atoms with Crippen molar-refractivity contribution in [2.24, 2.45) is 12.2 Å². The highest BCUT2D eigenvalue weighted by Crippen LogP contribution is 2.20. The molecule has 0 aliphatic heterocycles. The van der Waals surface area contributed by atoms with Crippen LogP contribution in [0.15, 0.2) is 11.4 Å². The van der Waals surface area contributed by atoms with Crippen molar-refractivity contribution in [2.45, 2.75) is 5.16 Å². The summed E-state index contributed by atoms with van der Waals surface area (Å²) in [7, 11) is -2.34. The maximum absolute atomic E-state index is 11.1. The Morgan fingerprint density at radius 3 is 2.67 bits per heavy atom. The van der Waals surface area contributed by atoms with Crippen LogP contribution in [0.5, 0.6) is 0 Å². The second kappa shape index (κ2) is 3.32. The fourth-order valence-corrected chi connectivity index (χ4v) is 2.20. The molecule has 0 aliphatic carbocycles. The summed E-state index contributed by atoms with van der Waals surface area (Å²) in [4.78, 5) is 0.625. The van der Waals surface area contributed by atoms with Gasteiger partial charge in [0.05, 0.1) is 6.20 Å². The van der Waals surface area contributed by atoms with Gasteiger partial charge in [0.15, 0.2) is 5.82 Å². The molecule has 0 amide bonds. The second-order valence-corrected chi connectivity index (χ2v) is 4.93. The molecule has 0 radical (unpaired) electrons. The van der Waals surface area contributed by atoms with Gasteiger partial charge in [-0.05, 0) is 11.5 Å². The molecule has 0 unspecified atom stereocenters. The first kappa shape index (κ1) is 10.1. The van der Waals surface area contributed by atoms with Gasteiger partial charge in [0, 0.05) is 7.05 Å². The van der Waals surface area contributed by atoms with E-state index in [4.69, 9.17) is 5.14 Å². The summed E-state index contributed by atoms with van der Waals surface area (Å²) in [5.41, 5.74) is 0. The summed E-state index contributed by atoms with van der Waals surface area (Å²) in [5.74, 6) is 0.369. The van der Waals surface area contributed by atoms with Gasteiger partial charge >= 0.3 is 0 Å². The predicted molar refractivity (Wildman–Crippen MR) is 51.3 cm³/mol. The number of nitrogens with zero attached hydrogens (tertiary/aromatic N) is 5. The van der Waals surface area contributed by atoms with E-state index in [-0.39, 0.29) is 5.16 Å². The van der Waals surface area contributed by atoms with Crippen molar-refractivity contribution in [3.8, 4) is 10.7 Å². The maximum Gasteiger partial charge on any atom is 0.273 e. The Kier molecular flexibility index (Phi) is 2.25. The Labute approximate surface area is 89.0 Å². The van der Waals surface area contributed by atoms with Crippen LogP contribution in [0.3, 0.4) is 0 Å². The molecule has 0 fully saturated rings. The number of hydrogen-bond acceptors (Lipinski definition) is 7. The van der Waals surface area contributed by atoms with Crippen molar-refractivity contribution in [1.29, 1.82) is 0 Å². The third-order valence-electron chi connectivity index (χ3n) is 1.67. The highest BCUT2D eigenvalue weighted by atomic mass is 32.2. The topological polar surface area (TPSA) is 117 Å². The Balaban J connectivity index is 2.60. The molecule has 0 bridgehead atoms. The van der Waals surface area contributed by atoms with E-state index >= 15 is 0 Å². The van der Waals surface area contributed by atoms with Gasteiger partial charge in [-0.15, -0.1) is 15.3 Å². The molecule has 80 valence electrons. The van der Waals surface area contributed by atoms with Crippen LogP contribution < -0.4 is 5.14 Å². The Morgan fingerprint density at radius 2 is 2.20 bits per heavy atom. The van der Waals surface area contributed by atoms with Crippen molar-refractivity contribution in [3.63, 3.8) is 0 Å². The van der Waals surface area contributed by atoms with Crippen LogP contribution in [0.1, 0.15) is 0 Å². The lowest BCUT2D eigenvalue weighted by Gasteiger charge is -1.98. The van der Waals surface area contributed by atoms with Gasteiger partial charge in [0.1, 0.15) is 4.88 Å². The monoisotopic (exact) mass is 246 g/mol. The third kappa shape index (κ3) is 1.73. The number of primary sulfonamides is 1. The van der Waals surface area contributed by atoms with E-state index in [1.54, 1.807) is 0 Å². The first-order valence-corrected chi connectivity index (χ1v) is 6.02. The Hall–Kier alpha value is -1.39. The summed E-state index contributed by atoms with van der Waals surface area (Å²) in [6.45, 7) is 0. The molecule has 0 aliphatic rings. The number of hydrogen-bond donors (Lipinski definition) is 1. The van der Waals surface area contributed by atoms with E-state index < -0.39 is 10.0 Å². The summed E-state index contributed by atoms with van der Waals surface area (Å²) in [5, 5.41) is 15.5. The van der Waals surface area contributed by atoms with Gasteiger partial charge in [0.2, 0.25) is 0 Å². The Morgan fingerprint density at radius 1 is 1.47 bits per heavy atom. The van der Waals surface area contributed by atoms with Crippen LogP contribution in [-0.4, -0.2) is 32.8 Å². The summed E-state index contributed by atoms with van der Waals surface area (Å²) in [6, 6.07) is 0. The molecule has 2 aromatic rings. The van der Waals surface area contributed by atoms with E-state index in [0.29, 0.717) is 10.7 Å². The minimum atomic E-state index is -3.85. The normalized spacial score (nSPS) is 11.9. The third-order valence-corrected chi connectivity index (χ3v) is 3.20. The van der Waals surface area contributed by atoms with Gasteiger partial charge in [-0.3, -0.25) is 4.57 Å². The average Bonchev–Trinajstić information content (AvgIpc) is 2.69. The highest BCUT2D eigenvalue weighted by Gasteiger charge is 2.20. The molecule has 2 rings (SSSR count). The SMILES string of the molecule is Cn1c(-c2cnns2)nnc1S(N)(=O)=O. The summed E-state index contributed by atoms with van der Waals surface area (Å²) in [6.07, 6.45) is 1.47. The van der Waals surface area contributed by atoms with Crippen molar-refractivity contribution in [2.75, 3.05) is 0 Å². The van der Waals surface area contributed by atoms with Crippen LogP contribution in [0.2, 0.25) is 0 Å². The van der Waals surface area contributed by atoms with Gasteiger partial charge in [0.25, 0.3) is 15.2 Å². The number of nitrogens with two attached hydrogens (primary N) is 1. The molecule has 0 aromatic carbocycles. The van der Waals surface area contributed by atoms with Crippen molar-refractivity contribution < 1.29 is 8.42 Å². The molecule has 0 spiro atoms. The van der Waals surface area contributed by atoms with E-state index in [1.807, 2.05) is 0 Å². The molecule has 0 saturated carbocycles. The molecule has 8 nitrogen and oxygen atoms in total. The maximum atomic E-state index is 11.1. The van der Waals surface area contributed by atoms with Gasteiger partial charge < -0.3 is 0 Å². The molecule has 0 atom stereocenters. The number of rotatable bonds is 2. The lowest BCUT2D eigenvalue weighted by molar-refractivity contribution is 0.580. The van der Waals surface area contributed by atoms with E-state index in [0.717, 1.165) is 11.5 Å². The second-order valence-electron chi connectivity index (χ2n) is 2.69. The Bertz CT molecular complexity index is 571. The average molecular weight is 246 g/mol. The number of sulfonamides is 1. The smallest absolute Gasteiger partial charge is 0.273 e. The van der Waals surface area contributed by atoms with Gasteiger partial charge in [-0.25, -0.2) is 13.6 Å². The molecule has 0 saturated heterocycles. The largest absolute Gasteiger partial charge is 0.299 e. The molecule has 2 aromatic heterocycles. The minimum absolute atomic E-state index is 0.286. The van der Waals surface area contributed by atoms with Crippen LogP contribution in [0.4, 0.5) is 0 Å². The van der Waals surface area contributed by atoms with Crippen molar-refractivity contribution >= 4 is 21.6 Å².